The molecule has 0 saturated heterocycles. The van der Waals surface area contributed by atoms with Gasteiger partial charge in [-0.2, -0.15) is 11.8 Å². The molecule has 0 spiro atoms. The number of carboxylic acids is 1. The zero-order valence-corrected chi connectivity index (χ0v) is 21.2. The molecule has 0 aliphatic heterocycles. The molecule has 1 unspecified atom stereocenters. The first kappa shape index (κ1) is 26.0. The smallest absolute Gasteiger partial charge is 0.326 e. The Kier molecular flexibility index (Phi) is 8.70. The minimum atomic E-state index is -1.06. The van der Waals surface area contributed by atoms with Crippen molar-refractivity contribution in [3.63, 3.8) is 0 Å². The molecule has 1 aromatic heterocycles. The molecule has 0 bridgehead atoms. The SMILES string of the molecule is COc1ccc(-c2coc3cc(OC)c(/C(C)=C/C(=O)NC(CCSC)C(=O)O)cc23)cc1OC. The molecule has 3 aromatic rings. The Hall–Kier alpha value is -3.59. The summed E-state index contributed by atoms with van der Waals surface area (Å²) in [7, 11) is 4.70. The number of carbonyl (C=O) groups is 2. The maximum absolute atomic E-state index is 12.6. The van der Waals surface area contributed by atoms with Crippen molar-refractivity contribution in [1.82, 2.24) is 5.32 Å². The molecule has 0 aliphatic rings. The van der Waals surface area contributed by atoms with E-state index in [0.29, 0.717) is 46.1 Å². The van der Waals surface area contributed by atoms with Crippen LogP contribution in [-0.4, -0.2) is 56.4 Å². The number of carbonyl (C=O) groups excluding carboxylic acids is 1. The van der Waals surface area contributed by atoms with Crippen LogP contribution in [0.2, 0.25) is 0 Å². The molecule has 2 N–H and O–H groups in total. The first-order valence-electron chi connectivity index (χ1n) is 10.9. The number of nitrogens with one attached hydrogen (secondary N) is 1. The summed E-state index contributed by atoms with van der Waals surface area (Å²) in [4.78, 5) is 24.1. The number of thioether (sulfide) groups is 1. The Morgan fingerprint density at radius 2 is 1.80 bits per heavy atom. The third-order valence-corrected chi connectivity index (χ3v) is 6.23. The average Bonchev–Trinajstić information content (AvgIpc) is 3.27. The summed E-state index contributed by atoms with van der Waals surface area (Å²) >= 11 is 1.53. The maximum Gasteiger partial charge on any atom is 0.326 e. The van der Waals surface area contributed by atoms with Gasteiger partial charge in [0.2, 0.25) is 5.91 Å². The van der Waals surface area contributed by atoms with E-state index in [0.717, 1.165) is 16.5 Å². The lowest BCUT2D eigenvalue weighted by Gasteiger charge is -2.14. The van der Waals surface area contributed by atoms with E-state index in [2.05, 4.69) is 5.32 Å². The monoisotopic (exact) mass is 499 g/mol. The Morgan fingerprint density at radius 3 is 2.43 bits per heavy atom. The summed E-state index contributed by atoms with van der Waals surface area (Å²) in [6.45, 7) is 1.77. The van der Waals surface area contributed by atoms with Crippen LogP contribution in [0.4, 0.5) is 0 Å². The van der Waals surface area contributed by atoms with E-state index in [-0.39, 0.29) is 0 Å². The Bertz CT molecular complexity index is 1250. The lowest BCUT2D eigenvalue weighted by molar-refractivity contribution is -0.141. The molecule has 186 valence electrons. The highest BCUT2D eigenvalue weighted by atomic mass is 32.2. The predicted molar refractivity (Wildman–Crippen MR) is 138 cm³/mol. The highest BCUT2D eigenvalue weighted by Gasteiger charge is 2.20. The number of methoxy groups -OCH3 is 3. The normalized spacial score (nSPS) is 12.3. The van der Waals surface area contributed by atoms with Crippen LogP contribution in [-0.2, 0) is 9.59 Å². The molecule has 0 aliphatic carbocycles. The topological polar surface area (TPSA) is 107 Å². The molecule has 1 heterocycles. The van der Waals surface area contributed by atoms with Gasteiger partial charge < -0.3 is 29.1 Å². The standard InChI is InChI=1S/C26H29NO7S/c1-15(10-25(28)27-20(26(29)30)8-9-35-5)17-12-18-19(14-34-23(18)13-22(17)32-3)16-6-7-21(31-2)24(11-16)33-4/h6-7,10-14,20H,8-9H2,1-5H3,(H,27,28)(H,29,30)/b15-10+. The Balaban J connectivity index is 1.99. The van der Waals surface area contributed by atoms with Crippen molar-refractivity contribution >= 4 is 40.2 Å². The summed E-state index contributed by atoms with van der Waals surface area (Å²) in [6.07, 6.45) is 5.27. The molecular weight excluding hydrogens is 470 g/mol. The fourth-order valence-corrected chi connectivity index (χ4v) is 4.21. The van der Waals surface area contributed by atoms with Gasteiger partial charge in [0.05, 0.1) is 27.6 Å². The van der Waals surface area contributed by atoms with Crippen molar-refractivity contribution in [3.05, 3.63) is 48.2 Å². The molecule has 0 saturated carbocycles. The minimum absolute atomic E-state index is 0.341. The van der Waals surface area contributed by atoms with Crippen molar-refractivity contribution in [2.45, 2.75) is 19.4 Å². The zero-order valence-electron chi connectivity index (χ0n) is 20.3. The number of aliphatic carboxylic acids is 1. The molecule has 0 fully saturated rings. The molecule has 9 heteroatoms. The van der Waals surface area contributed by atoms with Crippen molar-refractivity contribution in [2.24, 2.45) is 0 Å². The van der Waals surface area contributed by atoms with E-state index in [1.165, 1.54) is 17.8 Å². The number of ether oxygens (including phenoxy) is 3. The van der Waals surface area contributed by atoms with Crippen LogP contribution in [0.3, 0.4) is 0 Å². The molecule has 35 heavy (non-hydrogen) atoms. The first-order valence-corrected chi connectivity index (χ1v) is 12.2. The number of hydrogen-bond donors (Lipinski definition) is 2. The third kappa shape index (κ3) is 5.92. The van der Waals surface area contributed by atoms with Gasteiger partial charge in [0.25, 0.3) is 0 Å². The van der Waals surface area contributed by atoms with E-state index in [9.17, 15) is 14.7 Å². The number of amides is 1. The summed E-state index contributed by atoms with van der Waals surface area (Å²) in [5.74, 6) is 0.832. The fourth-order valence-electron chi connectivity index (χ4n) is 3.74. The van der Waals surface area contributed by atoms with E-state index in [4.69, 9.17) is 18.6 Å². The maximum atomic E-state index is 12.6. The van der Waals surface area contributed by atoms with Crippen LogP contribution in [0.5, 0.6) is 17.2 Å². The van der Waals surface area contributed by atoms with Gasteiger partial charge in [-0.3, -0.25) is 4.79 Å². The summed E-state index contributed by atoms with van der Waals surface area (Å²) in [5.41, 5.74) is 3.64. The quantitative estimate of drug-likeness (QED) is 0.361. The van der Waals surface area contributed by atoms with E-state index < -0.39 is 17.9 Å². The molecule has 0 radical (unpaired) electrons. The average molecular weight is 500 g/mol. The number of fused-ring (bicyclic) bond motifs is 1. The minimum Gasteiger partial charge on any atom is -0.496 e. The summed E-state index contributed by atoms with van der Waals surface area (Å²) < 4.78 is 22.1. The van der Waals surface area contributed by atoms with Crippen molar-refractivity contribution in [1.29, 1.82) is 0 Å². The van der Waals surface area contributed by atoms with Gasteiger partial charge >= 0.3 is 5.97 Å². The van der Waals surface area contributed by atoms with Gasteiger partial charge in [0.1, 0.15) is 17.4 Å². The van der Waals surface area contributed by atoms with Crippen LogP contribution in [0.25, 0.3) is 27.7 Å². The number of carboxylic acid groups (broad SMARTS) is 1. The summed E-state index contributed by atoms with van der Waals surface area (Å²) in [5, 5.41) is 12.8. The van der Waals surface area contributed by atoms with Crippen molar-refractivity contribution in [3.8, 4) is 28.4 Å². The molecular formula is C26H29NO7S. The van der Waals surface area contributed by atoms with E-state index >= 15 is 0 Å². The van der Waals surface area contributed by atoms with Crippen LogP contribution >= 0.6 is 11.8 Å². The van der Waals surface area contributed by atoms with Crippen molar-refractivity contribution in [2.75, 3.05) is 33.3 Å². The van der Waals surface area contributed by atoms with Crippen molar-refractivity contribution < 1.29 is 33.3 Å². The Morgan fingerprint density at radius 1 is 1.09 bits per heavy atom. The van der Waals surface area contributed by atoms with Gasteiger partial charge in [-0.05, 0) is 54.7 Å². The lowest BCUT2D eigenvalue weighted by Crippen LogP contribution is -2.40. The largest absolute Gasteiger partial charge is 0.496 e. The number of rotatable bonds is 11. The van der Waals surface area contributed by atoms with Crippen LogP contribution < -0.4 is 19.5 Å². The number of hydrogen-bond acceptors (Lipinski definition) is 7. The molecule has 1 amide bonds. The predicted octanol–water partition coefficient (Wildman–Crippen LogP) is 4.85. The second-order valence-corrected chi connectivity index (χ2v) is 8.76. The fraction of sp³-hybridized carbons (Fsp3) is 0.308. The van der Waals surface area contributed by atoms with Gasteiger partial charge in [-0.15, -0.1) is 0 Å². The molecule has 3 rings (SSSR count). The van der Waals surface area contributed by atoms with Gasteiger partial charge in [-0.1, -0.05) is 6.07 Å². The number of furan rings is 1. The second-order valence-electron chi connectivity index (χ2n) is 7.78. The number of allylic oxidation sites excluding steroid dienone is 1. The van der Waals surface area contributed by atoms with E-state index in [1.54, 1.807) is 40.6 Å². The van der Waals surface area contributed by atoms with Crippen LogP contribution in [0.15, 0.2) is 47.1 Å². The van der Waals surface area contributed by atoms with Gasteiger partial charge in [-0.25, -0.2) is 4.79 Å². The molecule has 8 nitrogen and oxygen atoms in total. The number of benzene rings is 2. The molecule has 2 aromatic carbocycles. The van der Waals surface area contributed by atoms with Gasteiger partial charge in [0, 0.05) is 28.7 Å². The zero-order chi connectivity index (χ0) is 25.5. The van der Waals surface area contributed by atoms with Crippen LogP contribution in [0, 0.1) is 0 Å². The lowest BCUT2D eigenvalue weighted by atomic mass is 9.99. The Labute approximate surface area is 208 Å². The first-order chi connectivity index (χ1) is 16.8. The van der Waals surface area contributed by atoms with Gasteiger partial charge in [0.15, 0.2) is 11.5 Å². The third-order valence-electron chi connectivity index (χ3n) is 5.59. The highest BCUT2D eigenvalue weighted by molar-refractivity contribution is 7.98. The van der Waals surface area contributed by atoms with E-state index in [1.807, 2.05) is 30.5 Å². The molecule has 1 atom stereocenters. The summed E-state index contributed by atoms with van der Waals surface area (Å²) in [6, 6.07) is 8.31. The second kappa shape index (κ2) is 11.7. The van der Waals surface area contributed by atoms with Crippen LogP contribution in [0.1, 0.15) is 18.9 Å². The highest BCUT2D eigenvalue weighted by Crippen LogP contribution is 2.39.